The average Bonchev–Trinajstić information content (AvgIpc) is 2.76. The van der Waals surface area contributed by atoms with Crippen LogP contribution < -0.4 is 5.32 Å². The first-order chi connectivity index (χ1) is 7.75. The molecule has 0 atom stereocenters. The van der Waals surface area contributed by atoms with Crippen LogP contribution in [0.1, 0.15) is 57.7 Å². The average molecular weight is 222 g/mol. The maximum atomic E-state index is 4.24. The summed E-state index contributed by atoms with van der Waals surface area (Å²) in [7, 11) is 0. The Morgan fingerprint density at radius 2 is 2.12 bits per heavy atom. The maximum absolute atomic E-state index is 4.24. The van der Waals surface area contributed by atoms with Gasteiger partial charge in [0.05, 0.1) is 17.9 Å². The summed E-state index contributed by atoms with van der Waals surface area (Å²) >= 11 is 0. The van der Waals surface area contributed by atoms with Gasteiger partial charge in [0, 0.05) is 12.6 Å². The predicted octanol–water partition coefficient (Wildman–Crippen LogP) is 2.28. The fourth-order valence-corrected chi connectivity index (χ4v) is 2.23. The molecular weight excluding hydrogens is 200 g/mol. The zero-order chi connectivity index (χ0) is 11.4. The molecule has 0 bridgehead atoms. The molecule has 0 spiro atoms. The molecule has 1 N–H and O–H groups in total. The SMILES string of the molecule is CC(C)NCc1cn(C2CCCCC2)nn1. The molecule has 2 rings (SSSR count). The van der Waals surface area contributed by atoms with Crippen molar-refractivity contribution >= 4 is 0 Å². The molecular formula is C12H22N4. The topological polar surface area (TPSA) is 42.7 Å². The van der Waals surface area contributed by atoms with E-state index in [0.29, 0.717) is 12.1 Å². The fourth-order valence-electron chi connectivity index (χ4n) is 2.23. The van der Waals surface area contributed by atoms with Crippen LogP contribution in [0.3, 0.4) is 0 Å². The number of nitrogens with zero attached hydrogens (tertiary/aromatic N) is 3. The largest absolute Gasteiger partial charge is 0.309 e. The normalized spacial score (nSPS) is 18.2. The van der Waals surface area contributed by atoms with Gasteiger partial charge in [0.1, 0.15) is 0 Å². The van der Waals surface area contributed by atoms with E-state index in [4.69, 9.17) is 0 Å². The van der Waals surface area contributed by atoms with Crippen molar-refractivity contribution in [2.45, 2.75) is 64.6 Å². The van der Waals surface area contributed by atoms with Crippen molar-refractivity contribution in [2.24, 2.45) is 0 Å². The van der Waals surface area contributed by atoms with Crippen LogP contribution in [0.4, 0.5) is 0 Å². The van der Waals surface area contributed by atoms with E-state index in [0.717, 1.165) is 12.2 Å². The molecule has 16 heavy (non-hydrogen) atoms. The number of rotatable bonds is 4. The van der Waals surface area contributed by atoms with E-state index < -0.39 is 0 Å². The molecule has 1 aliphatic rings. The van der Waals surface area contributed by atoms with Crippen LogP contribution in [-0.4, -0.2) is 21.0 Å². The lowest BCUT2D eigenvalue weighted by molar-refractivity contribution is 0.324. The first-order valence-corrected chi connectivity index (χ1v) is 6.40. The maximum Gasteiger partial charge on any atom is 0.0965 e. The molecule has 1 heterocycles. The zero-order valence-electron chi connectivity index (χ0n) is 10.3. The third-order valence-electron chi connectivity index (χ3n) is 3.20. The summed E-state index contributed by atoms with van der Waals surface area (Å²) in [6.07, 6.45) is 8.69. The van der Waals surface area contributed by atoms with Crippen LogP contribution in [0, 0.1) is 0 Å². The molecule has 4 nitrogen and oxygen atoms in total. The fraction of sp³-hybridized carbons (Fsp3) is 0.833. The van der Waals surface area contributed by atoms with Gasteiger partial charge in [-0.15, -0.1) is 5.10 Å². The molecule has 1 fully saturated rings. The Balaban J connectivity index is 1.90. The lowest BCUT2D eigenvalue weighted by Gasteiger charge is -2.20. The second-order valence-corrected chi connectivity index (χ2v) is 5.02. The van der Waals surface area contributed by atoms with Crippen LogP contribution >= 0.6 is 0 Å². The second-order valence-electron chi connectivity index (χ2n) is 5.02. The Kier molecular flexibility index (Phi) is 3.93. The first-order valence-electron chi connectivity index (χ1n) is 6.40. The molecule has 1 saturated carbocycles. The first kappa shape index (κ1) is 11.6. The highest BCUT2D eigenvalue weighted by Crippen LogP contribution is 2.27. The molecule has 0 unspecified atom stereocenters. The minimum atomic E-state index is 0.500. The van der Waals surface area contributed by atoms with Gasteiger partial charge in [-0.1, -0.05) is 38.3 Å². The Labute approximate surface area is 97.4 Å². The van der Waals surface area contributed by atoms with Gasteiger partial charge in [-0.25, -0.2) is 4.68 Å². The van der Waals surface area contributed by atoms with Gasteiger partial charge in [0.2, 0.25) is 0 Å². The molecule has 4 heteroatoms. The van der Waals surface area contributed by atoms with Crippen LogP contribution in [-0.2, 0) is 6.54 Å². The second kappa shape index (κ2) is 5.43. The highest BCUT2D eigenvalue weighted by molar-refractivity contribution is 4.93. The van der Waals surface area contributed by atoms with E-state index in [9.17, 15) is 0 Å². The smallest absolute Gasteiger partial charge is 0.0965 e. The van der Waals surface area contributed by atoms with Crippen molar-refractivity contribution in [1.29, 1.82) is 0 Å². The monoisotopic (exact) mass is 222 g/mol. The van der Waals surface area contributed by atoms with Gasteiger partial charge in [0.25, 0.3) is 0 Å². The number of hydrogen-bond acceptors (Lipinski definition) is 3. The third-order valence-corrected chi connectivity index (χ3v) is 3.20. The summed E-state index contributed by atoms with van der Waals surface area (Å²) < 4.78 is 2.07. The molecule has 1 aromatic heterocycles. The Morgan fingerprint density at radius 3 is 2.81 bits per heavy atom. The summed E-state index contributed by atoms with van der Waals surface area (Å²) in [6, 6.07) is 1.09. The molecule has 0 aliphatic heterocycles. The summed E-state index contributed by atoms with van der Waals surface area (Å²) in [5, 5.41) is 11.8. The Hall–Kier alpha value is -0.900. The van der Waals surface area contributed by atoms with Gasteiger partial charge in [-0.05, 0) is 12.8 Å². The third kappa shape index (κ3) is 3.04. The standard InChI is InChI=1S/C12H22N4/c1-10(2)13-8-11-9-16(15-14-11)12-6-4-3-5-7-12/h9-10,12-13H,3-8H2,1-2H3. The van der Waals surface area contributed by atoms with Gasteiger partial charge in [-0.3, -0.25) is 0 Å². The quantitative estimate of drug-likeness (QED) is 0.850. The van der Waals surface area contributed by atoms with Crippen molar-refractivity contribution in [1.82, 2.24) is 20.3 Å². The van der Waals surface area contributed by atoms with Crippen molar-refractivity contribution < 1.29 is 0 Å². The highest BCUT2D eigenvalue weighted by Gasteiger charge is 2.16. The van der Waals surface area contributed by atoms with Gasteiger partial charge >= 0.3 is 0 Å². The predicted molar refractivity (Wildman–Crippen MR) is 64.1 cm³/mol. The van der Waals surface area contributed by atoms with Crippen LogP contribution in [0.25, 0.3) is 0 Å². The van der Waals surface area contributed by atoms with E-state index >= 15 is 0 Å². The molecule has 0 radical (unpaired) electrons. The van der Waals surface area contributed by atoms with Gasteiger partial charge in [-0.2, -0.15) is 0 Å². The van der Waals surface area contributed by atoms with E-state index in [1.165, 1.54) is 32.1 Å². The van der Waals surface area contributed by atoms with Crippen LogP contribution in [0.5, 0.6) is 0 Å². The van der Waals surface area contributed by atoms with E-state index in [1.807, 2.05) is 0 Å². The molecule has 0 aromatic carbocycles. The van der Waals surface area contributed by atoms with E-state index in [1.54, 1.807) is 0 Å². The van der Waals surface area contributed by atoms with E-state index in [-0.39, 0.29) is 0 Å². The van der Waals surface area contributed by atoms with Crippen molar-refractivity contribution in [2.75, 3.05) is 0 Å². The molecule has 0 amide bonds. The number of hydrogen-bond donors (Lipinski definition) is 1. The summed E-state index contributed by atoms with van der Waals surface area (Å²) in [6.45, 7) is 5.11. The summed E-state index contributed by atoms with van der Waals surface area (Å²) in [4.78, 5) is 0. The van der Waals surface area contributed by atoms with Crippen LogP contribution in [0.15, 0.2) is 6.20 Å². The van der Waals surface area contributed by atoms with Crippen molar-refractivity contribution in [3.8, 4) is 0 Å². The molecule has 90 valence electrons. The molecule has 1 aliphatic carbocycles. The molecule has 1 aromatic rings. The number of nitrogens with one attached hydrogen (secondary N) is 1. The molecule has 0 saturated heterocycles. The van der Waals surface area contributed by atoms with E-state index in [2.05, 4.69) is 40.4 Å². The zero-order valence-corrected chi connectivity index (χ0v) is 10.3. The van der Waals surface area contributed by atoms with Gasteiger partial charge < -0.3 is 5.32 Å². The lowest BCUT2D eigenvalue weighted by Crippen LogP contribution is -2.22. The minimum Gasteiger partial charge on any atom is -0.309 e. The van der Waals surface area contributed by atoms with Crippen LogP contribution in [0.2, 0.25) is 0 Å². The minimum absolute atomic E-state index is 0.500. The Bertz CT molecular complexity index is 313. The number of aromatic nitrogens is 3. The Morgan fingerprint density at radius 1 is 1.38 bits per heavy atom. The summed E-state index contributed by atoms with van der Waals surface area (Å²) in [5.41, 5.74) is 1.05. The van der Waals surface area contributed by atoms with Gasteiger partial charge in [0.15, 0.2) is 0 Å². The summed E-state index contributed by atoms with van der Waals surface area (Å²) in [5.74, 6) is 0. The lowest BCUT2D eigenvalue weighted by atomic mass is 9.96. The highest BCUT2D eigenvalue weighted by atomic mass is 15.4. The van der Waals surface area contributed by atoms with Crippen molar-refractivity contribution in [3.05, 3.63) is 11.9 Å². The van der Waals surface area contributed by atoms with Crippen molar-refractivity contribution in [3.63, 3.8) is 0 Å².